The lowest BCUT2D eigenvalue weighted by Gasteiger charge is -2.15. The Morgan fingerprint density at radius 2 is 1.54 bits per heavy atom. The Morgan fingerprint density at radius 1 is 0.923 bits per heavy atom. The Morgan fingerprint density at radius 3 is 2.04 bits per heavy atom. The zero-order valence-corrected chi connectivity index (χ0v) is 14.4. The molecule has 0 saturated carbocycles. The zero-order chi connectivity index (χ0) is 19.3. The third-order valence-electron chi connectivity index (χ3n) is 3.63. The van der Waals surface area contributed by atoms with Gasteiger partial charge in [0, 0.05) is 11.3 Å². The molecule has 0 aliphatic carbocycles. The molecule has 0 heterocycles. The van der Waals surface area contributed by atoms with E-state index in [0.29, 0.717) is 22.8 Å². The van der Waals surface area contributed by atoms with Gasteiger partial charge in [0.1, 0.15) is 0 Å². The molecule has 2 aromatic carbocycles. The topological polar surface area (TPSA) is 56.8 Å². The lowest BCUT2D eigenvalue weighted by atomic mass is 10.1. The highest BCUT2D eigenvalue weighted by atomic mass is 19.4. The van der Waals surface area contributed by atoms with Crippen LogP contribution in [-0.2, 0) is 17.4 Å². The molecule has 1 amide bonds. The van der Waals surface area contributed by atoms with Crippen LogP contribution in [0.15, 0.2) is 36.4 Å². The average Bonchev–Trinajstić information content (AvgIpc) is 2.60. The van der Waals surface area contributed by atoms with Crippen LogP contribution in [0.5, 0.6) is 17.2 Å². The lowest BCUT2D eigenvalue weighted by Crippen LogP contribution is -2.15. The Bertz CT molecular complexity index is 773. The highest BCUT2D eigenvalue weighted by Gasteiger charge is 2.30. The third-order valence-corrected chi connectivity index (χ3v) is 3.63. The number of halogens is 3. The first-order valence-corrected chi connectivity index (χ1v) is 7.55. The maximum Gasteiger partial charge on any atom is 0.416 e. The number of rotatable bonds is 6. The van der Waals surface area contributed by atoms with Gasteiger partial charge in [-0.25, -0.2) is 0 Å². The van der Waals surface area contributed by atoms with Crippen molar-refractivity contribution in [3.05, 3.63) is 47.5 Å². The van der Waals surface area contributed by atoms with Crippen LogP contribution in [0.3, 0.4) is 0 Å². The maximum absolute atomic E-state index is 12.6. The van der Waals surface area contributed by atoms with Gasteiger partial charge in [0.2, 0.25) is 11.7 Å². The van der Waals surface area contributed by atoms with E-state index in [0.717, 1.165) is 12.1 Å². The predicted molar refractivity (Wildman–Crippen MR) is 89.9 cm³/mol. The summed E-state index contributed by atoms with van der Waals surface area (Å²) in [6.45, 7) is 0. The van der Waals surface area contributed by atoms with Crippen LogP contribution in [0.4, 0.5) is 18.9 Å². The van der Waals surface area contributed by atoms with Crippen LogP contribution < -0.4 is 19.5 Å². The molecule has 0 radical (unpaired) electrons. The lowest BCUT2D eigenvalue weighted by molar-refractivity contribution is -0.137. The minimum Gasteiger partial charge on any atom is -0.493 e. The van der Waals surface area contributed by atoms with E-state index in [1.54, 1.807) is 12.1 Å². The number of alkyl halides is 3. The fourth-order valence-corrected chi connectivity index (χ4v) is 2.42. The molecule has 0 atom stereocenters. The van der Waals surface area contributed by atoms with E-state index in [-0.39, 0.29) is 12.1 Å². The van der Waals surface area contributed by atoms with Crippen LogP contribution in [0.2, 0.25) is 0 Å². The molecule has 0 aliphatic heterocycles. The molecule has 2 aromatic rings. The smallest absolute Gasteiger partial charge is 0.416 e. The van der Waals surface area contributed by atoms with Crippen molar-refractivity contribution < 1.29 is 32.2 Å². The minimum absolute atomic E-state index is 0.0510. The van der Waals surface area contributed by atoms with Gasteiger partial charge in [-0.05, 0) is 30.3 Å². The highest BCUT2D eigenvalue weighted by Crippen LogP contribution is 2.40. The fraction of sp³-hybridized carbons (Fsp3) is 0.278. The second-order valence-corrected chi connectivity index (χ2v) is 5.29. The number of nitrogens with one attached hydrogen (secondary N) is 1. The van der Waals surface area contributed by atoms with Gasteiger partial charge in [0.15, 0.2) is 11.5 Å². The Balaban J connectivity index is 2.15. The Hall–Kier alpha value is -2.90. The van der Waals surface area contributed by atoms with E-state index in [2.05, 4.69) is 5.32 Å². The number of benzene rings is 2. The van der Waals surface area contributed by atoms with Crippen molar-refractivity contribution in [2.45, 2.75) is 12.6 Å². The van der Waals surface area contributed by atoms with Crippen LogP contribution in [0.1, 0.15) is 11.1 Å². The van der Waals surface area contributed by atoms with Gasteiger partial charge in [-0.15, -0.1) is 0 Å². The van der Waals surface area contributed by atoms with Crippen molar-refractivity contribution in [2.24, 2.45) is 0 Å². The number of anilines is 1. The van der Waals surface area contributed by atoms with Gasteiger partial charge in [-0.1, -0.05) is 6.07 Å². The maximum atomic E-state index is 12.6. The van der Waals surface area contributed by atoms with E-state index in [1.807, 2.05) is 0 Å². The summed E-state index contributed by atoms with van der Waals surface area (Å²) in [7, 11) is 4.37. The van der Waals surface area contributed by atoms with Crippen LogP contribution in [0, 0.1) is 0 Å². The van der Waals surface area contributed by atoms with E-state index >= 15 is 0 Å². The number of carbonyl (C=O) groups excluding carboxylic acids is 1. The number of carbonyl (C=O) groups is 1. The molecule has 0 saturated heterocycles. The number of hydrogen-bond donors (Lipinski definition) is 1. The summed E-state index contributed by atoms with van der Waals surface area (Å²) >= 11 is 0. The van der Waals surface area contributed by atoms with E-state index in [4.69, 9.17) is 14.2 Å². The first-order valence-electron chi connectivity index (χ1n) is 7.55. The molecule has 0 unspecified atom stereocenters. The highest BCUT2D eigenvalue weighted by molar-refractivity contribution is 5.92. The van der Waals surface area contributed by atoms with Gasteiger partial charge >= 0.3 is 6.18 Å². The molecule has 140 valence electrons. The van der Waals surface area contributed by atoms with Gasteiger partial charge in [0.05, 0.1) is 33.3 Å². The molecule has 8 heteroatoms. The normalized spacial score (nSPS) is 11.0. The number of ether oxygens (including phenoxy) is 3. The SMILES string of the molecule is COc1ccc(CC(=O)Nc2ccc(C(F)(F)F)cc2)c(OC)c1OC. The zero-order valence-electron chi connectivity index (χ0n) is 14.4. The number of methoxy groups -OCH3 is 3. The van der Waals surface area contributed by atoms with Crippen LogP contribution in [0.25, 0.3) is 0 Å². The van der Waals surface area contributed by atoms with Crippen molar-refractivity contribution in [1.82, 2.24) is 0 Å². The van der Waals surface area contributed by atoms with Crippen molar-refractivity contribution >= 4 is 11.6 Å². The molecular formula is C18H18F3NO4. The summed E-state index contributed by atoms with van der Waals surface area (Å²) in [5.74, 6) is 0.760. The molecule has 0 aromatic heterocycles. The quantitative estimate of drug-likeness (QED) is 0.839. The first kappa shape index (κ1) is 19.4. The predicted octanol–water partition coefficient (Wildman–Crippen LogP) is 3.91. The van der Waals surface area contributed by atoms with E-state index in [1.165, 1.54) is 33.5 Å². The fourth-order valence-electron chi connectivity index (χ4n) is 2.42. The van der Waals surface area contributed by atoms with Crippen LogP contribution in [-0.4, -0.2) is 27.2 Å². The van der Waals surface area contributed by atoms with Gasteiger partial charge in [-0.2, -0.15) is 13.2 Å². The van der Waals surface area contributed by atoms with Gasteiger partial charge in [0.25, 0.3) is 0 Å². The van der Waals surface area contributed by atoms with E-state index in [9.17, 15) is 18.0 Å². The van der Waals surface area contributed by atoms with E-state index < -0.39 is 17.6 Å². The number of hydrogen-bond acceptors (Lipinski definition) is 4. The molecule has 26 heavy (non-hydrogen) atoms. The summed E-state index contributed by atoms with van der Waals surface area (Å²) in [5.41, 5.74) is 0.0362. The summed E-state index contributed by atoms with van der Waals surface area (Å²) < 4.78 is 53.4. The third kappa shape index (κ3) is 4.38. The molecule has 0 aliphatic rings. The van der Waals surface area contributed by atoms with Crippen molar-refractivity contribution in [3.8, 4) is 17.2 Å². The Labute approximate surface area is 148 Å². The summed E-state index contributed by atoms with van der Waals surface area (Å²) in [6, 6.07) is 7.52. The molecule has 5 nitrogen and oxygen atoms in total. The average molecular weight is 369 g/mol. The number of amides is 1. The molecule has 0 spiro atoms. The summed E-state index contributed by atoms with van der Waals surface area (Å²) in [6.07, 6.45) is -4.47. The monoisotopic (exact) mass is 369 g/mol. The largest absolute Gasteiger partial charge is 0.493 e. The molecule has 0 fully saturated rings. The molecule has 1 N–H and O–H groups in total. The van der Waals surface area contributed by atoms with Gasteiger partial charge in [-0.3, -0.25) is 4.79 Å². The molecular weight excluding hydrogens is 351 g/mol. The summed E-state index contributed by atoms with van der Waals surface area (Å²) in [4.78, 5) is 12.2. The van der Waals surface area contributed by atoms with Crippen molar-refractivity contribution in [3.63, 3.8) is 0 Å². The summed E-state index contributed by atoms with van der Waals surface area (Å²) in [5, 5.41) is 2.55. The van der Waals surface area contributed by atoms with Gasteiger partial charge < -0.3 is 19.5 Å². The minimum atomic E-state index is -4.42. The van der Waals surface area contributed by atoms with Crippen molar-refractivity contribution in [1.29, 1.82) is 0 Å². The van der Waals surface area contributed by atoms with Crippen molar-refractivity contribution in [2.75, 3.05) is 26.6 Å². The Kier molecular flexibility index (Phi) is 5.97. The second-order valence-electron chi connectivity index (χ2n) is 5.29. The molecule has 2 rings (SSSR count). The molecule has 0 bridgehead atoms. The standard InChI is InChI=1S/C18H18F3NO4/c1-24-14-9-4-11(16(25-2)17(14)26-3)10-15(23)22-13-7-5-12(6-8-13)18(19,20)21/h4-9H,10H2,1-3H3,(H,22,23). The van der Waals surface area contributed by atoms with Crippen LogP contribution >= 0.6 is 0 Å². The second kappa shape index (κ2) is 7.99. The first-order chi connectivity index (χ1) is 12.3.